The fourth-order valence-electron chi connectivity index (χ4n) is 1.76. The minimum Gasteiger partial charge on any atom is -0.379 e. The summed E-state index contributed by atoms with van der Waals surface area (Å²) in [5, 5.41) is 9.02. The van der Waals surface area contributed by atoms with E-state index < -0.39 is 12.3 Å². The summed E-state index contributed by atoms with van der Waals surface area (Å²) in [6, 6.07) is 0. The van der Waals surface area contributed by atoms with Crippen molar-refractivity contribution in [3.63, 3.8) is 0 Å². The smallest absolute Gasteiger partial charge is 0.379 e. The highest BCUT2D eigenvalue weighted by molar-refractivity contribution is 5.16. The summed E-state index contributed by atoms with van der Waals surface area (Å²) in [4.78, 5) is 0. The van der Waals surface area contributed by atoms with Crippen LogP contribution in [0.2, 0.25) is 0 Å². The first-order valence-corrected chi connectivity index (χ1v) is 4.91. The molecule has 1 aliphatic rings. The van der Waals surface area contributed by atoms with E-state index in [-0.39, 0.29) is 11.5 Å². The molecule has 0 bridgehead atoms. The number of allylic oxidation sites excluding steroid dienone is 2. The normalized spacial score (nSPS) is 24.6. The molecular formula is C11H15F3O. The molecule has 0 aromatic rings. The summed E-state index contributed by atoms with van der Waals surface area (Å²) in [5.74, 6) is 0.259. The topological polar surface area (TPSA) is 20.2 Å². The lowest BCUT2D eigenvalue weighted by atomic mass is 9.84. The lowest BCUT2D eigenvalue weighted by molar-refractivity contribution is -0.192. The third kappa shape index (κ3) is 3.09. The summed E-state index contributed by atoms with van der Waals surface area (Å²) < 4.78 is 36.5. The van der Waals surface area contributed by atoms with Gasteiger partial charge in [0.15, 0.2) is 6.10 Å². The maximum absolute atomic E-state index is 12.2. The van der Waals surface area contributed by atoms with Crippen molar-refractivity contribution in [2.45, 2.75) is 38.5 Å². The number of aliphatic hydroxyl groups excluding tert-OH is 1. The number of aliphatic hydroxyl groups is 1. The van der Waals surface area contributed by atoms with Gasteiger partial charge in [-0.05, 0) is 37.7 Å². The molecule has 1 nitrogen and oxygen atoms in total. The molecule has 1 aliphatic carbocycles. The van der Waals surface area contributed by atoms with Crippen molar-refractivity contribution in [2.75, 3.05) is 0 Å². The molecule has 0 spiro atoms. The Bertz CT molecular complexity index is 278. The standard InChI is InChI=1S/C11H15F3O/c1-7(2)8-3-5-9(6-4-8)10(15)11(12,13)14/h5,8,10,15H,1,3-4,6H2,2H3. The highest BCUT2D eigenvalue weighted by atomic mass is 19.4. The van der Waals surface area contributed by atoms with E-state index in [1.807, 2.05) is 6.92 Å². The summed E-state index contributed by atoms with van der Waals surface area (Å²) in [6.07, 6.45) is -3.82. The molecule has 0 saturated carbocycles. The molecule has 15 heavy (non-hydrogen) atoms. The van der Waals surface area contributed by atoms with Crippen molar-refractivity contribution in [3.05, 3.63) is 23.8 Å². The maximum Gasteiger partial charge on any atom is 0.418 e. The third-order valence-corrected chi connectivity index (χ3v) is 2.80. The monoisotopic (exact) mass is 220 g/mol. The molecule has 0 saturated heterocycles. The predicted octanol–water partition coefficient (Wildman–Crippen LogP) is 3.21. The van der Waals surface area contributed by atoms with Crippen LogP contribution in [-0.2, 0) is 0 Å². The minimum atomic E-state index is -4.54. The van der Waals surface area contributed by atoms with E-state index in [0.29, 0.717) is 19.3 Å². The highest BCUT2D eigenvalue weighted by Crippen LogP contribution is 2.34. The molecule has 1 N–H and O–H groups in total. The average molecular weight is 220 g/mol. The Balaban J connectivity index is 2.65. The molecular weight excluding hydrogens is 205 g/mol. The van der Waals surface area contributed by atoms with Gasteiger partial charge in [0.25, 0.3) is 0 Å². The zero-order valence-electron chi connectivity index (χ0n) is 8.64. The van der Waals surface area contributed by atoms with E-state index >= 15 is 0 Å². The zero-order chi connectivity index (χ0) is 11.6. The quantitative estimate of drug-likeness (QED) is 0.708. The van der Waals surface area contributed by atoms with Crippen molar-refractivity contribution in [1.29, 1.82) is 0 Å². The van der Waals surface area contributed by atoms with Gasteiger partial charge in [0.05, 0.1) is 0 Å². The Labute approximate surface area is 87.3 Å². The van der Waals surface area contributed by atoms with Crippen LogP contribution in [0.25, 0.3) is 0 Å². The van der Waals surface area contributed by atoms with Gasteiger partial charge >= 0.3 is 6.18 Å². The van der Waals surface area contributed by atoms with Crippen LogP contribution in [0.15, 0.2) is 23.8 Å². The first-order chi connectivity index (χ1) is 6.82. The van der Waals surface area contributed by atoms with E-state index in [1.165, 1.54) is 6.08 Å². The van der Waals surface area contributed by atoms with Crippen LogP contribution in [0.1, 0.15) is 26.2 Å². The Morgan fingerprint density at radius 2 is 2.20 bits per heavy atom. The molecule has 0 heterocycles. The first kappa shape index (κ1) is 12.3. The van der Waals surface area contributed by atoms with Crippen LogP contribution in [0.5, 0.6) is 0 Å². The second-order valence-electron chi connectivity index (χ2n) is 4.04. The minimum absolute atomic E-state index is 0.0972. The molecule has 1 rings (SSSR count). The van der Waals surface area contributed by atoms with E-state index in [4.69, 9.17) is 5.11 Å². The molecule has 0 radical (unpaired) electrons. The molecule has 0 amide bonds. The van der Waals surface area contributed by atoms with Gasteiger partial charge in [-0.3, -0.25) is 0 Å². The van der Waals surface area contributed by atoms with E-state index in [1.54, 1.807) is 0 Å². The molecule has 86 valence electrons. The van der Waals surface area contributed by atoms with Gasteiger partial charge in [0.1, 0.15) is 0 Å². The Morgan fingerprint density at radius 1 is 1.60 bits per heavy atom. The Hall–Kier alpha value is -0.770. The number of alkyl halides is 3. The number of hydrogen-bond donors (Lipinski definition) is 1. The fourth-order valence-corrected chi connectivity index (χ4v) is 1.76. The SMILES string of the molecule is C=C(C)C1CC=C(C(O)C(F)(F)F)CC1. The number of rotatable bonds is 2. The molecule has 4 heteroatoms. The van der Waals surface area contributed by atoms with Crippen molar-refractivity contribution in [3.8, 4) is 0 Å². The van der Waals surface area contributed by atoms with Crippen molar-refractivity contribution >= 4 is 0 Å². The molecule has 0 fully saturated rings. The molecule has 0 aliphatic heterocycles. The van der Waals surface area contributed by atoms with Crippen LogP contribution in [0.4, 0.5) is 13.2 Å². The number of halogens is 3. The molecule has 2 atom stereocenters. The zero-order valence-corrected chi connectivity index (χ0v) is 8.64. The van der Waals surface area contributed by atoms with Gasteiger partial charge in [-0.25, -0.2) is 0 Å². The predicted molar refractivity (Wildman–Crippen MR) is 52.3 cm³/mol. The average Bonchev–Trinajstić information content (AvgIpc) is 2.15. The van der Waals surface area contributed by atoms with E-state index in [2.05, 4.69) is 6.58 Å². The van der Waals surface area contributed by atoms with Crippen LogP contribution < -0.4 is 0 Å². The van der Waals surface area contributed by atoms with E-state index in [0.717, 1.165) is 5.57 Å². The van der Waals surface area contributed by atoms with Crippen LogP contribution >= 0.6 is 0 Å². The van der Waals surface area contributed by atoms with Crippen molar-refractivity contribution in [1.82, 2.24) is 0 Å². The van der Waals surface area contributed by atoms with Crippen LogP contribution in [0.3, 0.4) is 0 Å². The summed E-state index contributed by atoms with van der Waals surface area (Å²) >= 11 is 0. The maximum atomic E-state index is 12.2. The molecule has 0 aromatic heterocycles. The Morgan fingerprint density at radius 3 is 2.53 bits per heavy atom. The molecule has 0 aromatic carbocycles. The highest BCUT2D eigenvalue weighted by Gasteiger charge is 2.41. The van der Waals surface area contributed by atoms with Crippen LogP contribution in [0, 0.1) is 5.92 Å². The van der Waals surface area contributed by atoms with Gasteiger partial charge in [-0.1, -0.05) is 18.2 Å². The lowest BCUT2D eigenvalue weighted by Crippen LogP contribution is -2.31. The van der Waals surface area contributed by atoms with Gasteiger partial charge in [0, 0.05) is 0 Å². The van der Waals surface area contributed by atoms with E-state index in [9.17, 15) is 13.2 Å². The number of hydrogen-bond acceptors (Lipinski definition) is 1. The summed E-state index contributed by atoms with van der Waals surface area (Å²) in [6.45, 7) is 5.66. The third-order valence-electron chi connectivity index (χ3n) is 2.80. The second kappa shape index (κ2) is 4.39. The Kier molecular flexibility index (Phi) is 3.60. The summed E-state index contributed by atoms with van der Waals surface area (Å²) in [5.41, 5.74) is 1.09. The van der Waals surface area contributed by atoms with Gasteiger partial charge in [-0.15, -0.1) is 0 Å². The van der Waals surface area contributed by atoms with Gasteiger partial charge in [0.2, 0.25) is 0 Å². The first-order valence-electron chi connectivity index (χ1n) is 4.91. The van der Waals surface area contributed by atoms with Gasteiger partial charge in [-0.2, -0.15) is 13.2 Å². The lowest BCUT2D eigenvalue weighted by Gasteiger charge is -2.25. The fraction of sp³-hybridized carbons (Fsp3) is 0.636. The van der Waals surface area contributed by atoms with Gasteiger partial charge < -0.3 is 5.11 Å². The summed E-state index contributed by atoms with van der Waals surface area (Å²) in [7, 11) is 0. The second-order valence-corrected chi connectivity index (χ2v) is 4.04. The largest absolute Gasteiger partial charge is 0.418 e. The molecule has 2 unspecified atom stereocenters. The van der Waals surface area contributed by atoms with Crippen molar-refractivity contribution < 1.29 is 18.3 Å². The van der Waals surface area contributed by atoms with Crippen LogP contribution in [-0.4, -0.2) is 17.4 Å². The van der Waals surface area contributed by atoms with Crippen molar-refractivity contribution in [2.24, 2.45) is 5.92 Å².